The highest BCUT2D eigenvalue weighted by Gasteiger charge is 2.23. The van der Waals surface area contributed by atoms with Crippen LogP contribution in [0, 0.1) is 0 Å². The fourth-order valence-electron chi connectivity index (χ4n) is 3.54. The lowest BCUT2D eigenvalue weighted by Gasteiger charge is -2.29. The molecule has 1 aromatic carbocycles. The van der Waals surface area contributed by atoms with Gasteiger partial charge in [0.15, 0.2) is 0 Å². The van der Waals surface area contributed by atoms with Gasteiger partial charge in [-0.05, 0) is 30.7 Å². The molecule has 1 aromatic heterocycles. The van der Waals surface area contributed by atoms with Gasteiger partial charge in [-0.1, -0.05) is 49.2 Å². The molecule has 7 heteroatoms. The first-order valence-corrected chi connectivity index (χ1v) is 11.6. The molecule has 0 atom stereocenters. The predicted molar refractivity (Wildman–Crippen MR) is 128 cm³/mol. The molecule has 3 heterocycles. The van der Waals surface area contributed by atoms with E-state index in [-0.39, 0.29) is 5.56 Å². The second-order valence-electron chi connectivity index (χ2n) is 7.05. The summed E-state index contributed by atoms with van der Waals surface area (Å²) in [6.07, 6.45) is 4.91. The third-order valence-corrected chi connectivity index (χ3v) is 7.58. The molecular weight excluding hydrogens is 414 g/mol. The van der Waals surface area contributed by atoms with E-state index in [4.69, 9.17) is 10.5 Å². The standard InChI is InChI=1S/C23H25N3O2S2/c1-3-5-17(18-13-16(14-22(27)25-18)26-8-10-28-11-9-26)23-19(4-2)29-21-12-15(24)6-7-20(21)30-23/h4-7,12-14H,2-3,8-11,24H2,1H3,(H,25,27)/b17-5-. The molecule has 4 rings (SSSR count). The Balaban J connectivity index is 1.77. The van der Waals surface area contributed by atoms with E-state index >= 15 is 0 Å². The highest BCUT2D eigenvalue weighted by molar-refractivity contribution is 8.09. The Morgan fingerprint density at radius 1 is 1.23 bits per heavy atom. The number of hydrogen-bond donors (Lipinski definition) is 2. The molecule has 0 aliphatic carbocycles. The number of aromatic nitrogens is 1. The van der Waals surface area contributed by atoms with Crippen LogP contribution in [0.1, 0.15) is 19.0 Å². The number of pyridine rings is 1. The number of hydrogen-bond acceptors (Lipinski definition) is 6. The fraction of sp³-hybridized carbons (Fsp3) is 0.261. The number of fused-ring (bicyclic) bond motifs is 1. The Hall–Kier alpha value is -2.35. The smallest absolute Gasteiger partial charge is 0.250 e. The number of nitrogens with zero attached hydrogens (tertiary/aromatic N) is 1. The Morgan fingerprint density at radius 3 is 2.77 bits per heavy atom. The number of nitrogens with one attached hydrogen (secondary N) is 1. The third kappa shape index (κ3) is 4.38. The summed E-state index contributed by atoms with van der Waals surface area (Å²) in [5, 5.41) is 0. The van der Waals surface area contributed by atoms with Crippen molar-refractivity contribution in [3.63, 3.8) is 0 Å². The van der Waals surface area contributed by atoms with Gasteiger partial charge in [-0.3, -0.25) is 4.79 Å². The normalized spacial score (nSPS) is 17.1. The number of morpholine rings is 1. The van der Waals surface area contributed by atoms with Crippen molar-refractivity contribution in [3.8, 4) is 0 Å². The predicted octanol–water partition coefficient (Wildman–Crippen LogP) is 4.88. The first-order valence-electron chi connectivity index (χ1n) is 9.99. The molecule has 0 bridgehead atoms. The van der Waals surface area contributed by atoms with Gasteiger partial charge in [0, 0.05) is 55.7 Å². The van der Waals surface area contributed by atoms with Crippen LogP contribution in [0.15, 0.2) is 73.5 Å². The van der Waals surface area contributed by atoms with E-state index in [1.807, 2.05) is 18.2 Å². The van der Waals surface area contributed by atoms with Crippen LogP contribution >= 0.6 is 23.5 Å². The van der Waals surface area contributed by atoms with Crippen LogP contribution in [0.25, 0.3) is 5.57 Å². The maximum atomic E-state index is 12.5. The van der Waals surface area contributed by atoms with E-state index < -0.39 is 0 Å². The molecular formula is C23H25N3O2S2. The molecule has 2 aliphatic rings. The van der Waals surface area contributed by atoms with Gasteiger partial charge in [-0.15, -0.1) is 0 Å². The monoisotopic (exact) mass is 439 g/mol. The van der Waals surface area contributed by atoms with E-state index in [0.717, 1.165) is 61.8 Å². The lowest BCUT2D eigenvalue weighted by molar-refractivity contribution is 0.122. The number of rotatable bonds is 5. The summed E-state index contributed by atoms with van der Waals surface area (Å²) in [4.78, 5) is 22.2. The van der Waals surface area contributed by atoms with Crippen molar-refractivity contribution >= 4 is 40.5 Å². The van der Waals surface area contributed by atoms with E-state index in [9.17, 15) is 4.79 Å². The van der Waals surface area contributed by atoms with Crippen LogP contribution in [0.5, 0.6) is 0 Å². The second kappa shape index (κ2) is 9.20. The first-order chi connectivity index (χ1) is 14.6. The number of benzene rings is 1. The van der Waals surface area contributed by atoms with Crippen molar-refractivity contribution in [2.24, 2.45) is 0 Å². The van der Waals surface area contributed by atoms with Crippen molar-refractivity contribution in [2.75, 3.05) is 36.9 Å². The summed E-state index contributed by atoms with van der Waals surface area (Å²) in [6, 6.07) is 9.72. The molecule has 0 amide bonds. The van der Waals surface area contributed by atoms with Crippen molar-refractivity contribution in [1.82, 2.24) is 4.98 Å². The number of thioether (sulfide) groups is 2. The van der Waals surface area contributed by atoms with Gasteiger partial charge in [-0.2, -0.15) is 0 Å². The van der Waals surface area contributed by atoms with Crippen LogP contribution in [-0.2, 0) is 4.74 Å². The number of anilines is 2. The minimum Gasteiger partial charge on any atom is -0.399 e. The molecule has 2 aromatic rings. The van der Waals surface area contributed by atoms with Crippen molar-refractivity contribution < 1.29 is 4.74 Å². The van der Waals surface area contributed by atoms with Crippen molar-refractivity contribution in [3.05, 3.63) is 74.9 Å². The molecule has 30 heavy (non-hydrogen) atoms. The maximum Gasteiger partial charge on any atom is 0.250 e. The van der Waals surface area contributed by atoms with Gasteiger partial charge >= 0.3 is 0 Å². The van der Waals surface area contributed by atoms with Crippen molar-refractivity contribution in [2.45, 2.75) is 23.1 Å². The van der Waals surface area contributed by atoms with Gasteiger partial charge in [0.2, 0.25) is 5.56 Å². The SMILES string of the molecule is C=CC1=C(/C(=C\CC)c2cc(N3CCOCC3)cc(=O)[nH]2)Sc2ccc(N)cc2S1. The van der Waals surface area contributed by atoms with Crippen LogP contribution in [0.4, 0.5) is 11.4 Å². The Labute approximate surface area is 185 Å². The molecule has 0 saturated carbocycles. The largest absolute Gasteiger partial charge is 0.399 e. The van der Waals surface area contributed by atoms with Crippen LogP contribution in [0.3, 0.4) is 0 Å². The lowest BCUT2D eigenvalue weighted by Crippen LogP contribution is -2.36. The molecule has 3 N–H and O–H groups in total. The Morgan fingerprint density at radius 2 is 2.03 bits per heavy atom. The van der Waals surface area contributed by atoms with Gasteiger partial charge < -0.3 is 20.4 Å². The van der Waals surface area contributed by atoms with Crippen LogP contribution < -0.4 is 16.2 Å². The van der Waals surface area contributed by atoms with E-state index in [2.05, 4.69) is 41.6 Å². The number of nitrogen functional groups attached to an aromatic ring is 1. The van der Waals surface area contributed by atoms with E-state index in [1.54, 1.807) is 29.6 Å². The minimum absolute atomic E-state index is 0.0987. The van der Waals surface area contributed by atoms with Gasteiger partial charge in [0.25, 0.3) is 0 Å². The number of H-pyrrole nitrogens is 1. The Bertz CT molecular complexity index is 1080. The minimum atomic E-state index is -0.0987. The highest BCUT2D eigenvalue weighted by Crippen LogP contribution is 2.51. The second-order valence-corrected chi connectivity index (χ2v) is 9.19. The number of nitrogens with two attached hydrogens (primary N) is 1. The van der Waals surface area contributed by atoms with Gasteiger partial charge in [0.05, 0.1) is 18.9 Å². The summed E-state index contributed by atoms with van der Waals surface area (Å²) in [5.74, 6) is 0. The molecule has 0 radical (unpaired) electrons. The molecule has 156 valence electrons. The molecule has 5 nitrogen and oxygen atoms in total. The maximum absolute atomic E-state index is 12.5. The average Bonchev–Trinajstić information content (AvgIpc) is 2.76. The van der Waals surface area contributed by atoms with Gasteiger partial charge in [0.1, 0.15) is 0 Å². The summed E-state index contributed by atoms with van der Waals surface area (Å²) in [5.41, 5.74) is 9.41. The van der Waals surface area contributed by atoms with E-state index in [0.29, 0.717) is 13.2 Å². The summed E-state index contributed by atoms with van der Waals surface area (Å²) >= 11 is 3.36. The first kappa shape index (κ1) is 20.9. The Kier molecular flexibility index (Phi) is 6.41. The zero-order valence-electron chi connectivity index (χ0n) is 16.9. The average molecular weight is 440 g/mol. The number of allylic oxidation sites excluding steroid dienone is 3. The topological polar surface area (TPSA) is 71.3 Å². The van der Waals surface area contributed by atoms with Crippen LogP contribution in [-0.4, -0.2) is 31.3 Å². The third-order valence-electron chi connectivity index (χ3n) is 4.96. The highest BCUT2D eigenvalue weighted by atomic mass is 32.2. The van der Waals surface area contributed by atoms with Gasteiger partial charge in [-0.25, -0.2) is 0 Å². The molecule has 1 fully saturated rings. The van der Waals surface area contributed by atoms with Crippen molar-refractivity contribution in [1.29, 1.82) is 0 Å². The zero-order valence-corrected chi connectivity index (χ0v) is 18.6. The number of ether oxygens (including phenoxy) is 1. The molecule has 0 unspecified atom stereocenters. The number of aromatic amines is 1. The zero-order chi connectivity index (χ0) is 21.1. The quantitative estimate of drug-likeness (QED) is 0.647. The molecule has 1 saturated heterocycles. The summed E-state index contributed by atoms with van der Waals surface area (Å²) in [6.45, 7) is 9.07. The summed E-state index contributed by atoms with van der Waals surface area (Å²) < 4.78 is 5.46. The van der Waals surface area contributed by atoms with E-state index in [1.165, 1.54) is 0 Å². The molecule has 0 spiro atoms. The lowest BCUT2D eigenvalue weighted by atomic mass is 10.1. The summed E-state index contributed by atoms with van der Waals surface area (Å²) in [7, 11) is 0. The van der Waals surface area contributed by atoms with Crippen LogP contribution in [0.2, 0.25) is 0 Å². The fourth-order valence-corrected chi connectivity index (χ4v) is 5.93. The molecule has 2 aliphatic heterocycles.